The highest BCUT2D eigenvalue weighted by Crippen LogP contribution is 2.21. The highest BCUT2D eigenvalue weighted by atomic mass is 16.5. The molecule has 0 spiro atoms. The first-order valence-corrected chi connectivity index (χ1v) is 7.51. The second-order valence-electron chi connectivity index (χ2n) is 4.91. The Morgan fingerprint density at radius 2 is 1.91 bits per heavy atom. The summed E-state index contributed by atoms with van der Waals surface area (Å²) in [6, 6.07) is 9.55. The first-order chi connectivity index (χ1) is 11.3. The van der Waals surface area contributed by atoms with Gasteiger partial charge in [-0.2, -0.15) is 15.0 Å². The Morgan fingerprint density at radius 3 is 2.65 bits per heavy atom. The lowest BCUT2D eigenvalue weighted by Gasteiger charge is -2.27. The quantitative estimate of drug-likeness (QED) is 0.812. The molecule has 2 N–H and O–H groups in total. The molecule has 122 valence electrons. The van der Waals surface area contributed by atoms with E-state index in [1.54, 1.807) is 0 Å². The van der Waals surface area contributed by atoms with Gasteiger partial charge in [-0.1, -0.05) is 18.2 Å². The second-order valence-corrected chi connectivity index (χ2v) is 4.91. The van der Waals surface area contributed by atoms with E-state index in [9.17, 15) is 0 Å². The average molecular weight is 317 g/mol. The lowest BCUT2D eigenvalue weighted by molar-refractivity contribution is 0.122. The van der Waals surface area contributed by atoms with Crippen molar-refractivity contribution in [2.24, 2.45) is 0 Å². The van der Waals surface area contributed by atoms with E-state index in [0.717, 1.165) is 0 Å². The third-order valence-electron chi connectivity index (χ3n) is 3.24. The molecule has 0 amide bonds. The number of aromatic nitrogens is 3. The Bertz CT molecular complexity index is 620. The molecule has 0 atom stereocenters. The Hall–Kier alpha value is -2.45. The third kappa shape index (κ3) is 4.27. The number of anilines is 2. The van der Waals surface area contributed by atoms with Gasteiger partial charge in [0.2, 0.25) is 11.9 Å². The fraction of sp³-hybridized carbons (Fsp3) is 0.400. The third-order valence-corrected chi connectivity index (χ3v) is 3.24. The van der Waals surface area contributed by atoms with Gasteiger partial charge in [-0.3, -0.25) is 0 Å². The first-order valence-electron chi connectivity index (χ1n) is 7.51. The Kier molecular flexibility index (Phi) is 5.17. The smallest absolute Gasteiger partial charge is 0.328 e. The minimum absolute atomic E-state index is 0.00650. The molecule has 1 saturated heterocycles. The molecule has 2 aromatic rings. The van der Waals surface area contributed by atoms with E-state index in [0.29, 0.717) is 50.5 Å². The molecule has 0 aliphatic carbocycles. The number of aliphatic hydroxyl groups excluding tert-OH is 1. The van der Waals surface area contributed by atoms with Crippen LogP contribution in [0.25, 0.3) is 0 Å². The summed E-state index contributed by atoms with van der Waals surface area (Å²) in [6.07, 6.45) is 0. The SMILES string of the molecule is OCCNc1nc(Oc2ccccc2)nc(N2CCOCC2)n1. The van der Waals surface area contributed by atoms with Gasteiger partial charge in [0.05, 0.1) is 19.8 Å². The molecule has 0 unspecified atom stereocenters. The van der Waals surface area contributed by atoms with Crippen LogP contribution in [0.3, 0.4) is 0 Å². The van der Waals surface area contributed by atoms with E-state index < -0.39 is 0 Å². The van der Waals surface area contributed by atoms with Gasteiger partial charge < -0.3 is 24.8 Å². The van der Waals surface area contributed by atoms with Gasteiger partial charge in [-0.15, -0.1) is 0 Å². The molecule has 8 heteroatoms. The second kappa shape index (κ2) is 7.70. The molecule has 0 radical (unpaired) electrons. The van der Waals surface area contributed by atoms with Crippen LogP contribution in [-0.4, -0.2) is 59.5 Å². The number of nitrogens with one attached hydrogen (secondary N) is 1. The van der Waals surface area contributed by atoms with Gasteiger partial charge in [0, 0.05) is 19.6 Å². The largest absolute Gasteiger partial charge is 0.424 e. The van der Waals surface area contributed by atoms with E-state index in [-0.39, 0.29) is 12.6 Å². The highest BCUT2D eigenvalue weighted by Gasteiger charge is 2.17. The van der Waals surface area contributed by atoms with Crippen molar-refractivity contribution in [2.45, 2.75) is 0 Å². The van der Waals surface area contributed by atoms with Crippen molar-refractivity contribution in [1.29, 1.82) is 0 Å². The molecule has 1 aromatic carbocycles. The zero-order valence-electron chi connectivity index (χ0n) is 12.7. The van der Waals surface area contributed by atoms with Gasteiger partial charge in [0.15, 0.2) is 0 Å². The number of para-hydroxylation sites is 1. The maximum Gasteiger partial charge on any atom is 0.328 e. The maximum atomic E-state index is 8.96. The van der Waals surface area contributed by atoms with Crippen LogP contribution in [0.2, 0.25) is 0 Å². The predicted molar refractivity (Wildman–Crippen MR) is 85.0 cm³/mol. The van der Waals surface area contributed by atoms with E-state index in [1.807, 2.05) is 35.2 Å². The van der Waals surface area contributed by atoms with Crippen molar-refractivity contribution in [1.82, 2.24) is 15.0 Å². The molecule has 23 heavy (non-hydrogen) atoms. The van der Waals surface area contributed by atoms with Crippen molar-refractivity contribution >= 4 is 11.9 Å². The van der Waals surface area contributed by atoms with Crippen molar-refractivity contribution in [3.63, 3.8) is 0 Å². The number of nitrogens with zero attached hydrogens (tertiary/aromatic N) is 4. The van der Waals surface area contributed by atoms with E-state index >= 15 is 0 Å². The molecule has 3 rings (SSSR count). The van der Waals surface area contributed by atoms with Gasteiger partial charge in [0.1, 0.15) is 5.75 Å². The standard InChI is InChI=1S/C15H19N5O3/c21-9-6-16-13-17-14(20-7-10-22-11-8-20)19-15(18-13)23-12-4-2-1-3-5-12/h1-5,21H,6-11H2,(H,16,17,18,19). The molecular formula is C15H19N5O3. The summed E-state index contributed by atoms with van der Waals surface area (Å²) >= 11 is 0. The van der Waals surface area contributed by atoms with Crippen LogP contribution in [0.4, 0.5) is 11.9 Å². The van der Waals surface area contributed by atoms with Crippen molar-refractivity contribution < 1.29 is 14.6 Å². The Balaban J connectivity index is 1.84. The van der Waals surface area contributed by atoms with E-state index in [4.69, 9.17) is 14.6 Å². The first kappa shape index (κ1) is 15.4. The number of aliphatic hydroxyl groups is 1. The summed E-state index contributed by atoms with van der Waals surface area (Å²) in [5, 5.41) is 11.9. The fourth-order valence-corrected chi connectivity index (χ4v) is 2.14. The van der Waals surface area contributed by atoms with Gasteiger partial charge in [-0.05, 0) is 12.1 Å². The minimum Gasteiger partial charge on any atom is -0.424 e. The number of hydrogen-bond donors (Lipinski definition) is 2. The van der Waals surface area contributed by atoms with Crippen LogP contribution in [-0.2, 0) is 4.74 Å². The van der Waals surface area contributed by atoms with Crippen molar-refractivity contribution in [2.75, 3.05) is 49.7 Å². The molecule has 1 fully saturated rings. The zero-order chi connectivity index (χ0) is 15.9. The molecule has 1 aliphatic heterocycles. The van der Waals surface area contributed by atoms with Crippen molar-refractivity contribution in [3.05, 3.63) is 30.3 Å². The Labute approximate surface area is 134 Å². The molecule has 0 saturated carbocycles. The van der Waals surface area contributed by atoms with Crippen LogP contribution in [0.15, 0.2) is 30.3 Å². The summed E-state index contributed by atoms with van der Waals surface area (Å²) in [5.41, 5.74) is 0. The summed E-state index contributed by atoms with van der Waals surface area (Å²) in [7, 11) is 0. The summed E-state index contributed by atoms with van der Waals surface area (Å²) in [6.45, 7) is 3.06. The molecule has 8 nitrogen and oxygen atoms in total. The highest BCUT2D eigenvalue weighted by molar-refractivity contribution is 5.39. The molecule has 1 aliphatic rings. The maximum absolute atomic E-state index is 8.96. The summed E-state index contributed by atoms with van der Waals surface area (Å²) in [4.78, 5) is 15.0. The van der Waals surface area contributed by atoms with Crippen LogP contribution in [0.5, 0.6) is 11.8 Å². The molecule has 2 heterocycles. The molecular weight excluding hydrogens is 298 g/mol. The van der Waals surface area contributed by atoms with E-state index in [1.165, 1.54) is 0 Å². The van der Waals surface area contributed by atoms with Gasteiger partial charge in [-0.25, -0.2) is 0 Å². The molecule has 1 aromatic heterocycles. The number of ether oxygens (including phenoxy) is 2. The molecule has 0 bridgehead atoms. The summed E-state index contributed by atoms with van der Waals surface area (Å²) < 4.78 is 11.1. The average Bonchev–Trinajstić information content (AvgIpc) is 2.61. The lowest BCUT2D eigenvalue weighted by atomic mass is 10.3. The topological polar surface area (TPSA) is 92.6 Å². The number of morpholine rings is 1. The van der Waals surface area contributed by atoms with Crippen molar-refractivity contribution in [3.8, 4) is 11.8 Å². The minimum atomic E-state index is -0.00650. The number of benzene rings is 1. The predicted octanol–water partition coefficient (Wildman–Crippen LogP) is 0.905. The summed E-state index contributed by atoms with van der Waals surface area (Å²) in [5.74, 6) is 1.57. The van der Waals surface area contributed by atoms with E-state index in [2.05, 4.69) is 20.3 Å². The van der Waals surface area contributed by atoms with Crippen LogP contribution < -0.4 is 15.0 Å². The van der Waals surface area contributed by atoms with Crippen LogP contribution in [0, 0.1) is 0 Å². The normalized spacial score (nSPS) is 14.6. The van der Waals surface area contributed by atoms with Crippen LogP contribution >= 0.6 is 0 Å². The van der Waals surface area contributed by atoms with Crippen LogP contribution in [0.1, 0.15) is 0 Å². The van der Waals surface area contributed by atoms with Gasteiger partial charge in [0.25, 0.3) is 0 Å². The number of hydrogen-bond acceptors (Lipinski definition) is 8. The Morgan fingerprint density at radius 1 is 1.13 bits per heavy atom. The zero-order valence-corrected chi connectivity index (χ0v) is 12.7. The lowest BCUT2D eigenvalue weighted by Crippen LogP contribution is -2.37. The van der Waals surface area contributed by atoms with Gasteiger partial charge >= 0.3 is 6.01 Å². The fourth-order valence-electron chi connectivity index (χ4n) is 2.14. The monoisotopic (exact) mass is 317 g/mol. The number of rotatable bonds is 6.